The molecule has 2 rings (SSSR count). The highest BCUT2D eigenvalue weighted by molar-refractivity contribution is 6.04. The quantitative estimate of drug-likeness (QED) is 0.840. The van der Waals surface area contributed by atoms with Crippen LogP contribution >= 0.6 is 0 Å². The van der Waals surface area contributed by atoms with Crippen molar-refractivity contribution >= 4 is 11.6 Å². The topological polar surface area (TPSA) is 29.1 Å². The summed E-state index contributed by atoms with van der Waals surface area (Å²) in [4.78, 5) is 11.8. The first-order valence-electron chi connectivity index (χ1n) is 5.29. The van der Waals surface area contributed by atoms with Crippen LogP contribution in [0.3, 0.4) is 0 Å². The number of carbonyl (C=O) groups excluding carboxylic acids is 1. The smallest absolute Gasteiger partial charge is 0.255 e. The highest BCUT2D eigenvalue weighted by Gasteiger charge is 2.07. The molecule has 0 bridgehead atoms. The molecule has 0 aliphatic rings. The number of amides is 1. The van der Waals surface area contributed by atoms with Crippen LogP contribution in [0.4, 0.5) is 10.1 Å². The van der Waals surface area contributed by atoms with Gasteiger partial charge in [0, 0.05) is 11.3 Å². The molecular weight excluding hydrogens is 217 g/mol. The van der Waals surface area contributed by atoms with Crippen LogP contribution < -0.4 is 5.32 Å². The van der Waals surface area contributed by atoms with E-state index in [1.165, 1.54) is 12.1 Å². The molecule has 0 fully saturated rings. The summed E-state index contributed by atoms with van der Waals surface area (Å²) >= 11 is 0. The summed E-state index contributed by atoms with van der Waals surface area (Å²) in [6.07, 6.45) is 0. The number of carbonyl (C=O) groups is 1. The Morgan fingerprint density at radius 2 is 1.82 bits per heavy atom. The fourth-order valence-electron chi connectivity index (χ4n) is 1.59. The maximum absolute atomic E-state index is 13.1. The molecule has 0 aromatic heterocycles. The summed E-state index contributed by atoms with van der Waals surface area (Å²) in [6.45, 7) is 1.75. The number of benzene rings is 2. The SMILES string of the molecule is Cc1cc(F)cc(C(=O)Nc2ccccc2)c1. The molecule has 0 atom stereocenters. The predicted molar refractivity (Wildman–Crippen MR) is 65.5 cm³/mol. The van der Waals surface area contributed by atoms with E-state index in [0.717, 1.165) is 5.56 Å². The number of hydrogen-bond acceptors (Lipinski definition) is 1. The lowest BCUT2D eigenvalue weighted by Gasteiger charge is -2.05. The maximum Gasteiger partial charge on any atom is 0.255 e. The van der Waals surface area contributed by atoms with E-state index >= 15 is 0 Å². The van der Waals surface area contributed by atoms with Crippen LogP contribution in [0.25, 0.3) is 0 Å². The number of para-hydroxylation sites is 1. The minimum atomic E-state index is -0.400. The fraction of sp³-hybridized carbons (Fsp3) is 0.0714. The Hall–Kier alpha value is -2.16. The second-order valence-electron chi connectivity index (χ2n) is 3.84. The van der Waals surface area contributed by atoms with Gasteiger partial charge < -0.3 is 5.32 Å². The summed E-state index contributed by atoms with van der Waals surface area (Å²) in [6, 6.07) is 13.3. The number of anilines is 1. The van der Waals surface area contributed by atoms with E-state index in [0.29, 0.717) is 11.3 Å². The zero-order chi connectivity index (χ0) is 12.3. The number of nitrogens with one attached hydrogen (secondary N) is 1. The summed E-state index contributed by atoms with van der Waals surface area (Å²) in [5.41, 5.74) is 1.74. The maximum atomic E-state index is 13.1. The van der Waals surface area contributed by atoms with Gasteiger partial charge >= 0.3 is 0 Å². The van der Waals surface area contributed by atoms with Crippen LogP contribution in [-0.2, 0) is 0 Å². The highest BCUT2D eigenvalue weighted by Crippen LogP contribution is 2.12. The van der Waals surface area contributed by atoms with Crippen LogP contribution in [0.5, 0.6) is 0 Å². The molecule has 0 radical (unpaired) electrons. The predicted octanol–water partition coefficient (Wildman–Crippen LogP) is 3.39. The van der Waals surface area contributed by atoms with Crippen molar-refractivity contribution in [2.75, 3.05) is 5.32 Å². The third-order valence-corrected chi connectivity index (χ3v) is 2.34. The van der Waals surface area contributed by atoms with E-state index in [1.807, 2.05) is 18.2 Å². The van der Waals surface area contributed by atoms with Gasteiger partial charge in [0.15, 0.2) is 0 Å². The summed E-state index contributed by atoms with van der Waals surface area (Å²) in [7, 11) is 0. The van der Waals surface area contributed by atoms with Crippen molar-refractivity contribution in [1.82, 2.24) is 0 Å². The van der Waals surface area contributed by atoms with E-state index in [9.17, 15) is 9.18 Å². The van der Waals surface area contributed by atoms with Gasteiger partial charge in [-0.15, -0.1) is 0 Å². The summed E-state index contributed by atoms with van der Waals surface area (Å²) in [5.74, 6) is -0.706. The first-order valence-corrected chi connectivity index (χ1v) is 5.29. The van der Waals surface area contributed by atoms with Gasteiger partial charge in [0.05, 0.1) is 0 Å². The molecule has 0 aliphatic heterocycles. The molecule has 1 amide bonds. The van der Waals surface area contributed by atoms with Crippen LogP contribution in [0, 0.1) is 12.7 Å². The molecule has 0 heterocycles. The first kappa shape index (κ1) is 11.3. The molecule has 0 saturated heterocycles. The highest BCUT2D eigenvalue weighted by atomic mass is 19.1. The number of hydrogen-bond donors (Lipinski definition) is 1. The largest absolute Gasteiger partial charge is 0.322 e. The molecule has 2 aromatic carbocycles. The standard InChI is InChI=1S/C14H12FNO/c1-10-7-11(9-12(15)8-10)14(17)16-13-5-3-2-4-6-13/h2-9H,1H3,(H,16,17). The zero-order valence-corrected chi connectivity index (χ0v) is 9.41. The van der Waals surface area contributed by atoms with E-state index in [4.69, 9.17) is 0 Å². The Balaban J connectivity index is 2.20. The van der Waals surface area contributed by atoms with Crippen molar-refractivity contribution in [3.8, 4) is 0 Å². The van der Waals surface area contributed by atoms with Crippen molar-refractivity contribution in [1.29, 1.82) is 0 Å². The van der Waals surface area contributed by atoms with Gasteiger partial charge in [0.1, 0.15) is 5.82 Å². The van der Waals surface area contributed by atoms with Crippen molar-refractivity contribution in [3.05, 3.63) is 65.5 Å². The molecule has 3 heteroatoms. The van der Waals surface area contributed by atoms with Crippen molar-refractivity contribution in [2.45, 2.75) is 6.92 Å². The van der Waals surface area contributed by atoms with Crippen molar-refractivity contribution < 1.29 is 9.18 Å². The summed E-state index contributed by atoms with van der Waals surface area (Å²) in [5, 5.41) is 2.71. The molecule has 2 nitrogen and oxygen atoms in total. The molecule has 0 saturated carbocycles. The Morgan fingerprint density at radius 3 is 2.47 bits per heavy atom. The van der Waals surface area contributed by atoms with Crippen molar-refractivity contribution in [2.24, 2.45) is 0 Å². The molecule has 86 valence electrons. The van der Waals surface area contributed by atoms with Crippen LogP contribution in [0.2, 0.25) is 0 Å². The molecule has 0 spiro atoms. The zero-order valence-electron chi connectivity index (χ0n) is 9.41. The van der Waals surface area contributed by atoms with Crippen LogP contribution in [0.1, 0.15) is 15.9 Å². The Bertz CT molecular complexity index is 517. The third-order valence-electron chi connectivity index (χ3n) is 2.34. The second-order valence-corrected chi connectivity index (χ2v) is 3.84. The van der Waals surface area contributed by atoms with Gasteiger partial charge in [0.25, 0.3) is 5.91 Å². The Labute approximate surface area is 99.1 Å². The van der Waals surface area contributed by atoms with E-state index < -0.39 is 5.82 Å². The molecule has 17 heavy (non-hydrogen) atoms. The average molecular weight is 229 g/mol. The number of halogens is 1. The van der Waals surface area contributed by atoms with Crippen molar-refractivity contribution in [3.63, 3.8) is 0 Å². The molecule has 1 N–H and O–H groups in total. The lowest BCUT2D eigenvalue weighted by Crippen LogP contribution is -2.12. The Kier molecular flexibility index (Phi) is 3.19. The van der Waals surface area contributed by atoms with Crippen LogP contribution in [-0.4, -0.2) is 5.91 Å². The van der Waals surface area contributed by atoms with Gasteiger partial charge in [-0.05, 0) is 42.8 Å². The number of aryl methyl sites for hydroxylation is 1. The first-order chi connectivity index (χ1) is 8.15. The van der Waals surface area contributed by atoms with Gasteiger partial charge in [-0.2, -0.15) is 0 Å². The summed E-state index contributed by atoms with van der Waals surface area (Å²) < 4.78 is 13.1. The fourth-order valence-corrected chi connectivity index (χ4v) is 1.59. The van der Waals surface area contributed by atoms with Gasteiger partial charge in [-0.3, -0.25) is 4.79 Å². The normalized spacial score (nSPS) is 10.0. The monoisotopic (exact) mass is 229 g/mol. The second kappa shape index (κ2) is 4.78. The molecule has 0 aliphatic carbocycles. The average Bonchev–Trinajstić information content (AvgIpc) is 2.29. The van der Waals surface area contributed by atoms with Gasteiger partial charge in [-0.25, -0.2) is 4.39 Å². The lowest BCUT2D eigenvalue weighted by molar-refractivity contribution is 0.102. The van der Waals surface area contributed by atoms with Gasteiger partial charge in [0.2, 0.25) is 0 Å². The molecule has 0 unspecified atom stereocenters. The lowest BCUT2D eigenvalue weighted by atomic mass is 10.1. The minimum Gasteiger partial charge on any atom is -0.322 e. The molecular formula is C14H12FNO. The number of rotatable bonds is 2. The third kappa shape index (κ3) is 2.91. The van der Waals surface area contributed by atoms with Gasteiger partial charge in [-0.1, -0.05) is 18.2 Å². The minimum absolute atomic E-state index is 0.307. The molecule has 2 aromatic rings. The van der Waals surface area contributed by atoms with Crippen LogP contribution in [0.15, 0.2) is 48.5 Å². The van der Waals surface area contributed by atoms with E-state index in [-0.39, 0.29) is 5.91 Å². The van der Waals surface area contributed by atoms with E-state index in [1.54, 1.807) is 25.1 Å². The van der Waals surface area contributed by atoms with E-state index in [2.05, 4.69) is 5.32 Å². The Morgan fingerprint density at radius 1 is 1.12 bits per heavy atom.